The van der Waals surface area contributed by atoms with Gasteiger partial charge in [0.2, 0.25) is 0 Å². The van der Waals surface area contributed by atoms with Gasteiger partial charge in [-0.25, -0.2) is 0 Å². The van der Waals surface area contributed by atoms with Crippen molar-refractivity contribution in [3.05, 3.63) is 40.4 Å². The lowest BCUT2D eigenvalue weighted by atomic mass is 10.3. The van der Waals surface area contributed by atoms with Gasteiger partial charge < -0.3 is 5.11 Å². The summed E-state index contributed by atoms with van der Waals surface area (Å²) in [5.41, 5.74) is 0.137. The minimum absolute atomic E-state index is 0.137. The summed E-state index contributed by atoms with van der Waals surface area (Å²) in [6, 6.07) is 7.93. The molecule has 0 aliphatic heterocycles. The Labute approximate surface area is 87.5 Å². The molecule has 1 aromatic carbocycles. The molecule has 2 rings (SSSR count). The number of nitro benzene ring substituents is 1. The number of nitro groups is 1. The maximum absolute atomic E-state index is 10.0. The van der Waals surface area contributed by atoms with E-state index in [1.165, 1.54) is 31.4 Å². The van der Waals surface area contributed by atoms with Crippen LogP contribution in [0.3, 0.4) is 0 Å². The SMILES string of the molecule is C1CC1.O=CO.O=[N+]([O-])c1ccccc1. The fourth-order valence-corrected chi connectivity index (χ4v) is 0.550. The van der Waals surface area contributed by atoms with E-state index in [0.717, 1.165) is 0 Å². The van der Waals surface area contributed by atoms with Crippen molar-refractivity contribution in [3.8, 4) is 0 Å². The van der Waals surface area contributed by atoms with Crippen molar-refractivity contribution in [3.63, 3.8) is 0 Å². The van der Waals surface area contributed by atoms with Crippen LogP contribution in [-0.4, -0.2) is 16.5 Å². The molecule has 1 aliphatic rings. The molecule has 0 spiro atoms. The molecule has 5 nitrogen and oxygen atoms in total. The number of nitrogens with zero attached hydrogens (tertiary/aromatic N) is 1. The molecule has 0 radical (unpaired) electrons. The molecule has 0 heterocycles. The minimum atomic E-state index is -0.417. The Morgan fingerprint density at radius 1 is 1.20 bits per heavy atom. The van der Waals surface area contributed by atoms with Gasteiger partial charge >= 0.3 is 0 Å². The summed E-state index contributed by atoms with van der Waals surface area (Å²) in [4.78, 5) is 18.0. The van der Waals surface area contributed by atoms with Crippen LogP contribution in [0.4, 0.5) is 5.69 Å². The highest BCUT2D eigenvalue weighted by molar-refractivity contribution is 5.32. The van der Waals surface area contributed by atoms with E-state index in [4.69, 9.17) is 9.90 Å². The van der Waals surface area contributed by atoms with Crippen LogP contribution in [0.5, 0.6) is 0 Å². The lowest BCUT2D eigenvalue weighted by Crippen LogP contribution is -1.84. The van der Waals surface area contributed by atoms with Crippen molar-refractivity contribution in [2.45, 2.75) is 19.3 Å². The number of para-hydroxylation sites is 1. The fourth-order valence-electron chi connectivity index (χ4n) is 0.550. The third-order valence-corrected chi connectivity index (χ3v) is 1.32. The Kier molecular flexibility index (Phi) is 7.57. The zero-order chi connectivity index (χ0) is 11.5. The highest BCUT2D eigenvalue weighted by Crippen LogP contribution is 2.14. The Morgan fingerprint density at radius 2 is 1.60 bits per heavy atom. The van der Waals surface area contributed by atoms with E-state index in [2.05, 4.69) is 0 Å². The first-order chi connectivity index (χ1) is 7.22. The lowest BCUT2D eigenvalue weighted by Gasteiger charge is -1.85. The molecular formula is C10H13NO4. The van der Waals surface area contributed by atoms with Crippen molar-refractivity contribution in [2.75, 3.05) is 0 Å². The first kappa shape index (κ1) is 13.1. The number of carboxylic acid groups (broad SMARTS) is 1. The highest BCUT2D eigenvalue weighted by atomic mass is 16.6. The molecule has 0 atom stereocenters. The van der Waals surface area contributed by atoms with Gasteiger partial charge in [-0.3, -0.25) is 14.9 Å². The van der Waals surface area contributed by atoms with E-state index in [-0.39, 0.29) is 12.2 Å². The van der Waals surface area contributed by atoms with E-state index < -0.39 is 4.92 Å². The Morgan fingerprint density at radius 3 is 1.80 bits per heavy atom. The summed E-state index contributed by atoms with van der Waals surface area (Å²) in [5.74, 6) is 0. The summed E-state index contributed by atoms with van der Waals surface area (Å²) in [6.45, 7) is -0.250. The number of benzene rings is 1. The lowest BCUT2D eigenvalue weighted by molar-refractivity contribution is -0.384. The second kappa shape index (κ2) is 8.68. The van der Waals surface area contributed by atoms with Gasteiger partial charge in [-0.1, -0.05) is 37.5 Å². The zero-order valence-corrected chi connectivity index (χ0v) is 8.20. The summed E-state index contributed by atoms with van der Waals surface area (Å²) < 4.78 is 0. The largest absolute Gasteiger partial charge is 0.483 e. The van der Waals surface area contributed by atoms with Crippen LogP contribution in [0.2, 0.25) is 0 Å². The summed E-state index contributed by atoms with van der Waals surface area (Å²) in [5, 5.41) is 16.9. The molecule has 0 aromatic heterocycles. The average Bonchev–Trinajstić information content (AvgIpc) is 3.07. The summed E-state index contributed by atoms with van der Waals surface area (Å²) >= 11 is 0. The van der Waals surface area contributed by atoms with Gasteiger partial charge in [-0.2, -0.15) is 0 Å². The first-order valence-corrected chi connectivity index (χ1v) is 4.49. The molecule has 0 bridgehead atoms. The molecule has 0 unspecified atom stereocenters. The molecule has 0 amide bonds. The Bertz CT molecular complexity index is 282. The normalized spacial score (nSPS) is 10.9. The third kappa shape index (κ3) is 10.0. The van der Waals surface area contributed by atoms with E-state index in [1.54, 1.807) is 18.2 Å². The van der Waals surface area contributed by atoms with Crippen molar-refractivity contribution < 1.29 is 14.8 Å². The zero-order valence-electron chi connectivity index (χ0n) is 8.20. The molecule has 82 valence electrons. The Hall–Kier alpha value is -1.91. The topological polar surface area (TPSA) is 80.4 Å². The van der Waals surface area contributed by atoms with Gasteiger partial charge in [0.1, 0.15) is 0 Å². The molecule has 0 saturated heterocycles. The molecule has 1 fully saturated rings. The number of non-ortho nitro benzene ring substituents is 1. The number of hydrogen-bond acceptors (Lipinski definition) is 3. The molecule has 15 heavy (non-hydrogen) atoms. The first-order valence-electron chi connectivity index (χ1n) is 4.49. The quantitative estimate of drug-likeness (QED) is 0.439. The van der Waals surface area contributed by atoms with Gasteiger partial charge in [0.25, 0.3) is 12.2 Å². The van der Waals surface area contributed by atoms with Gasteiger partial charge in [0, 0.05) is 12.1 Å². The molecule has 1 aliphatic carbocycles. The van der Waals surface area contributed by atoms with Crippen LogP contribution < -0.4 is 0 Å². The van der Waals surface area contributed by atoms with Crippen LogP contribution in [0, 0.1) is 10.1 Å². The Balaban J connectivity index is 0.000000268. The average molecular weight is 211 g/mol. The minimum Gasteiger partial charge on any atom is -0.483 e. The predicted molar refractivity (Wildman–Crippen MR) is 55.6 cm³/mol. The van der Waals surface area contributed by atoms with Crippen LogP contribution in [0.25, 0.3) is 0 Å². The van der Waals surface area contributed by atoms with Gasteiger partial charge in [0.15, 0.2) is 0 Å². The maximum Gasteiger partial charge on any atom is 0.290 e. The van der Waals surface area contributed by atoms with Crippen molar-refractivity contribution in [2.24, 2.45) is 0 Å². The van der Waals surface area contributed by atoms with Gasteiger partial charge in [0.05, 0.1) is 4.92 Å². The third-order valence-electron chi connectivity index (χ3n) is 1.32. The van der Waals surface area contributed by atoms with Crippen molar-refractivity contribution >= 4 is 12.2 Å². The molecule has 1 saturated carbocycles. The van der Waals surface area contributed by atoms with Crippen LogP contribution in [0.15, 0.2) is 30.3 Å². The monoisotopic (exact) mass is 211 g/mol. The van der Waals surface area contributed by atoms with E-state index >= 15 is 0 Å². The predicted octanol–water partition coefficient (Wildman–Crippen LogP) is 2.47. The van der Waals surface area contributed by atoms with E-state index in [1.807, 2.05) is 0 Å². The number of rotatable bonds is 1. The number of carbonyl (C=O) groups is 1. The van der Waals surface area contributed by atoms with Crippen LogP contribution in [0.1, 0.15) is 19.3 Å². The second-order valence-electron chi connectivity index (χ2n) is 2.76. The maximum atomic E-state index is 10.0. The van der Waals surface area contributed by atoms with E-state index in [9.17, 15) is 10.1 Å². The molecule has 5 heteroatoms. The standard InChI is InChI=1S/C6H5NO2.C3H6.CH2O2/c8-7(9)6-4-2-1-3-5-6;1-2-3-1;2-1-3/h1-5H;1-3H2;1H,(H,2,3). The van der Waals surface area contributed by atoms with E-state index in [0.29, 0.717) is 0 Å². The van der Waals surface area contributed by atoms with Crippen LogP contribution >= 0.6 is 0 Å². The molecule has 1 N–H and O–H groups in total. The van der Waals surface area contributed by atoms with Crippen molar-refractivity contribution in [1.82, 2.24) is 0 Å². The highest BCUT2D eigenvalue weighted by Gasteiger charge is 1.98. The van der Waals surface area contributed by atoms with Gasteiger partial charge in [-0.05, 0) is 0 Å². The summed E-state index contributed by atoms with van der Waals surface area (Å²) in [7, 11) is 0. The van der Waals surface area contributed by atoms with Crippen LogP contribution in [-0.2, 0) is 4.79 Å². The number of hydrogen-bond donors (Lipinski definition) is 1. The molecular weight excluding hydrogens is 198 g/mol. The second-order valence-corrected chi connectivity index (χ2v) is 2.76. The summed E-state index contributed by atoms with van der Waals surface area (Å²) in [6.07, 6.45) is 4.50. The van der Waals surface area contributed by atoms with Crippen molar-refractivity contribution in [1.29, 1.82) is 0 Å². The van der Waals surface area contributed by atoms with Gasteiger partial charge in [-0.15, -0.1) is 0 Å². The molecule has 1 aromatic rings. The smallest absolute Gasteiger partial charge is 0.290 e. The fraction of sp³-hybridized carbons (Fsp3) is 0.300.